The molecular weight excluding hydrogens is 672 g/mol. The van der Waals surface area contributed by atoms with Gasteiger partial charge in [-0.05, 0) is 48.5 Å². The van der Waals surface area contributed by atoms with E-state index in [0.717, 1.165) is 48.9 Å². The summed E-state index contributed by atoms with van der Waals surface area (Å²) < 4.78 is 69.2. The highest BCUT2D eigenvalue weighted by molar-refractivity contribution is 8.35. The molecule has 3 heterocycles. The number of hydrogen-bond acceptors (Lipinski definition) is 10. The van der Waals surface area contributed by atoms with Gasteiger partial charge in [0.15, 0.2) is 16.3 Å². The highest BCUT2D eigenvalue weighted by atomic mass is 35.5. The molecule has 13 nitrogen and oxygen atoms in total. The summed E-state index contributed by atoms with van der Waals surface area (Å²) in [4.78, 5) is 26.0. The number of nitrogens with one attached hydrogen (secondary N) is 1. The van der Waals surface area contributed by atoms with Gasteiger partial charge in [-0.1, -0.05) is 44.1 Å². The van der Waals surface area contributed by atoms with Crippen LogP contribution in [0.5, 0.6) is 11.5 Å². The molecule has 2 aromatic carbocycles. The zero-order valence-corrected chi connectivity index (χ0v) is 27.0. The Labute approximate surface area is 271 Å². The second-order valence-corrected chi connectivity index (χ2v) is 15.1. The number of nitrogens with zero attached hydrogens (tertiary/aromatic N) is 4. The normalized spacial score (nSPS) is 20.3. The van der Waals surface area contributed by atoms with Crippen molar-refractivity contribution in [3.63, 3.8) is 0 Å². The van der Waals surface area contributed by atoms with Gasteiger partial charge in [0.1, 0.15) is 33.6 Å². The minimum absolute atomic E-state index is 0.0587. The molecule has 1 aromatic heterocycles. The first-order valence-electron chi connectivity index (χ1n) is 13.8. The van der Waals surface area contributed by atoms with Crippen LogP contribution in [0.25, 0.3) is 11.1 Å². The fraction of sp³-hybridized carbons (Fsp3) is 0.393. The molecule has 2 atom stereocenters. The molecule has 2 unspecified atom stereocenters. The van der Waals surface area contributed by atoms with E-state index in [4.69, 9.17) is 21.1 Å². The van der Waals surface area contributed by atoms with Crippen LogP contribution in [0, 0.1) is 27.2 Å². The molecule has 2 aliphatic rings. The predicted octanol–water partition coefficient (Wildman–Crippen LogP) is 6.77. The standard InChI is InChI=1S/C28H28ClF2N5O8S2/c1-27(2,3)28(32-25(37)38)14-45-26(33-28)46(41,42)22-11-18(29)21(12-19(22)31)44-20-8-7-15(30)10-16(20)17-13-35(34-24(17)36(39)40)23-6-4-5-9-43-23/h7-8,10-13,23,32H,4-6,9,14H2,1-3H3,(H,37,38). The summed E-state index contributed by atoms with van der Waals surface area (Å²) in [6, 6.07) is 4.69. The molecule has 2 N–H and O–H groups in total. The van der Waals surface area contributed by atoms with E-state index in [-0.39, 0.29) is 33.4 Å². The summed E-state index contributed by atoms with van der Waals surface area (Å²) in [6.07, 6.45) is 1.58. The molecule has 1 saturated heterocycles. The molecule has 246 valence electrons. The van der Waals surface area contributed by atoms with E-state index < -0.39 is 64.9 Å². The van der Waals surface area contributed by atoms with E-state index in [0.29, 0.717) is 19.1 Å². The molecule has 18 heteroatoms. The third-order valence-corrected chi connectivity index (χ3v) is 11.2. The molecule has 3 aromatic rings. The van der Waals surface area contributed by atoms with Crippen molar-refractivity contribution in [3.05, 3.63) is 63.3 Å². The maximum absolute atomic E-state index is 15.5. The fourth-order valence-corrected chi connectivity index (χ4v) is 8.44. The number of hydrogen-bond donors (Lipinski definition) is 2. The number of nitro groups is 1. The number of rotatable bonds is 7. The van der Waals surface area contributed by atoms with Crippen LogP contribution in [0.15, 0.2) is 46.4 Å². The monoisotopic (exact) mass is 699 g/mol. The number of ether oxygens (including phenoxy) is 2. The van der Waals surface area contributed by atoms with Crippen LogP contribution in [0.2, 0.25) is 5.02 Å². The number of aliphatic imine (C=N–C) groups is 1. The molecule has 5 rings (SSSR count). The number of thioether (sulfide) groups is 1. The van der Waals surface area contributed by atoms with E-state index in [9.17, 15) is 32.8 Å². The van der Waals surface area contributed by atoms with Gasteiger partial charge in [-0.25, -0.2) is 27.0 Å². The topological polar surface area (TPSA) is 175 Å². The lowest BCUT2D eigenvalue weighted by Crippen LogP contribution is -2.56. The van der Waals surface area contributed by atoms with Crippen LogP contribution < -0.4 is 10.1 Å². The molecule has 0 spiro atoms. The summed E-state index contributed by atoms with van der Waals surface area (Å²) in [7, 11) is -4.61. The zero-order chi connectivity index (χ0) is 33.6. The summed E-state index contributed by atoms with van der Waals surface area (Å²) in [5, 5.41) is 27.3. The third-order valence-electron chi connectivity index (χ3n) is 7.53. The first-order valence-corrected chi connectivity index (χ1v) is 16.7. The number of halogens is 3. The van der Waals surface area contributed by atoms with Gasteiger partial charge in [0.25, 0.3) is 0 Å². The number of carbonyl (C=O) groups is 1. The first-order chi connectivity index (χ1) is 21.5. The average Bonchev–Trinajstić information content (AvgIpc) is 3.62. The lowest BCUT2D eigenvalue weighted by Gasteiger charge is -2.38. The van der Waals surface area contributed by atoms with Crippen molar-refractivity contribution in [2.45, 2.75) is 56.8 Å². The van der Waals surface area contributed by atoms with Gasteiger partial charge >= 0.3 is 11.9 Å². The van der Waals surface area contributed by atoms with Gasteiger partial charge in [-0.15, -0.1) is 0 Å². The zero-order valence-electron chi connectivity index (χ0n) is 24.6. The van der Waals surface area contributed by atoms with Gasteiger partial charge in [0.05, 0.1) is 16.3 Å². The van der Waals surface area contributed by atoms with Crippen molar-refractivity contribution >= 4 is 49.5 Å². The summed E-state index contributed by atoms with van der Waals surface area (Å²) in [5.41, 5.74) is -2.54. The lowest BCUT2D eigenvalue weighted by molar-refractivity contribution is -0.389. The van der Waals surface area contributed by atoms with Crippen LogP contribution >= 0.6 is 23.4 Å². The molecule has 1 amide bonds. The molecule has 0 bridgehead atoms. The largest absolute Gasteiger partial charge is 0.465 e. The van der Waals surface area contributed by atoms with Gasteiger partial charge < -0.3 is 24.7 Å². The van der Waals surface area contributed by atoms with E-state index in [2.05, 4.69) is 15.4 Å². The van der Waals surface area contributed by atoms with Crippen LogP contribution in [-0.2, 0) is 14.6 Å². The van der Waals surface area contributed by atoms with Gasteiger partial charge in [0.2, 0.25) is 9.84 Å². The van der Waals surface area contributed by atoms with Crippen molar-refractivity contribution in [3.8, 4) is 22.6 Å². The quantitative estimate of drug-likeness (QED) is 0.198. The Bertz CT molecular complexity index is 1860. The van der Waals surface area contributed by atoms with Gasteiger partial charge in [-0.3, -0.25) is 5.32 Å². The minimum atomic E-state index is -4.61. The van der Waals surface area contributed by atoms with E-state index in [1.54, 1.807) is 20.8 Å². The van der Waals surface area contributed by atoms with E-state index >= 15 is 4.39 Å². The molecule has 2 aliphatic heterocycles. The molecular formula is C28H28ClF2N5O8S2. The molecule has 1 fully saturated rings. The van der Waals surface area contributed by atoms with Crippen LogP contribution in [0.3, 0.4) is 0 Å². The van der Waals surface area contributed by atoms with Crippen LogP contribution in [0.4, 0.5) is 19.4 Å². The first kappa shape index (κ1) is 33.6. The van der Waals surface area contributed by atoms with Crippen molar-refractivity contribution < 1.29 is 41.5 Å². The van der Waals surface area contributed by atoms with Gasteiger partial charge in [-0.2, -0.15) is 4.68 Å². The average molecular weight is 700 g/mol. The maximum Gasteiger partial charge on any atom is 0.406 e. The lowest BCUT2D eigenvalue weighted by atomic mass is 9.82. The molecule has 46 heavy (non-hydrogen) atoms. The minimum Gasteiger partial charge on any atom is -0.465 e. The van der Waals surface area contributed by atoms with Gasteiger partial charge in [0, 0.05) is 29.4 Å². The SMILES string of the molecule is CC(C)(C)C1(NC(=O)O)CSC(S(=O)(=O)c2cc(Cl)c(Oc3ccc(F)cc3-c3cn(C4CCCCO4)nc3[N+](=O)[O-])cc2F)=N1. The number of benzene rings is 2. The van der Waals surface area contributed by atoms with Crippen molar-refractivity contribution in [1.82, 2.24) is 15.1 Å². The Morgan fingerprint density at radius 1 is 1.24 bits per heavy atom. The second kappa shape index (κ2) is 12.4. The molecule has 0 aliphatic carbocycles. The Hall–Kier alpha value is -3.80. The van der Waals surface area contributed by atoms with E-state index in [1.807, 2.05) is 0 Å². The highest BCUT2D eigenvalue weighted by Crippen LogP contribution is 2.44. The Kier molecular flexibility index (Phi) is 9.07. The summed E-state index contributed by atoms with van der Waals surface area (Å²) in [5.74, 6) is -3.20. The Morgan fingerprint density at radius 2 is 1.98 bits per heavy atom. The van der Waals surface area contributed by atoms with Crippen molar-refractivity contribution in [1.29, 1.82) is 0 Å². The van der Waals surface area contributed by atoms with E-state index in [1.165, 1.54) is 10.9 Å². The number of aromatic nitrogens is 2. The summed E-state index contributed by atoms with van der Waals surface area (Å²) >= 11 is 7.12. The smallest absolute Gasteiger partial charge is 0.406 e. The Balaban J connectivity index is 1.51. The number of carboxylic acid groups (broad SMARTS) is 1. The van der Waals surface area contributed by atoms with Crippen molar-refractivity contribution in [2.75, 3.05) is 12.4 Å². The van der Waals surface area contributed by atoms with Crippen LogP contribution in [-0.4, -0.2) is 56.7 Å². The Morgan fingerprint density at radius 3 is 2.61 bits per heavy atom. The summed E-state index contributed by atoms with van der Waals surface area (Å²) in [6.45, 7) is 5.48. The fourth-order valence-electron chi connectivity index (χ4n) is 4.93. The third kappa shape index (κ3) is 6.41. The highest BCUT2D eigenvalue weighted by Gasteiger charge is 2.50. The van der Waals surface area contributed by atoms with Crippen LogP contribution in [0.1, 0.15) is 46.3 Å². The number of sulfone groups is 1. The van der Waals surface area contributed by atoms with Crippen molar-refractivity contribution in [2.24, 2.45) is 10.4 Å². The molecule has 0 radical (unpaired) electrons. The molecule has 0 saturated carbocycles. The number of amides is 1. The second-order valence-electron chi connectivity index (χ2n) is 11.6. The predicted molar refractivity (Wildman–Crippen MR) is 165 cm³/mol. The maximum atomic E-state index is 15.5.